The predicted octanol–water partition coefficient (Wildman–Crippen LogP) is 2.40. The molecule has 0 atom stereocenters. The topological polar surface area (TPSA) is 64.7 Å². The molecule has 2 N–H and O–H groups in total. The first-order valence-corrected chi connectivity index (χ1v) is 9.90. The SMILES string of the molecule is Cc1ccc(NC(=O)C(=O)NCCCN2CCN(c3ccccc3F)CC2)cc1. The summed E-state index contributed by atoms with van der Waals surface area (Å²) in [7, 11) is 0. The fraction of sp³-hybridized carbons (Fsp3) is 0.364. The summed E-state index contributed by atoms with van der Waals surface area (Å²) < 4.78 is 13.9. The zero-order valence-electron chi connectivity index (χ0n) is 16.7. The van der Waals surface area contributed by atoms with Crippen LogP contribution >= 0.6 is 0 Å². The number of nitrogens with zero attached hydrogens (tertiary/aromatic N) is 2. The Morgan fingerprint density at radius 2 is 1.66 bits per heavy atom. The summed E-state index contributed by atoms with van der Waals surface area (Å²) >= 11 is 0. The van der Waals surface area contributed by atoms with E-state index in [0.717, 1.165) is 44.7 Å². The van der Waals surface area contributed by atoms with Gasteiger partial charge in [0.1, 0.15) is 5.82 Å². The summed E-state index contributed by atoms with van der Waals surface area (Å²) in [6.45, 7) is 6.45. The fourth-order valence-corrected chi connectivity index (χ4v) is 3.33. The highest BCUT2D eigenvalue weighted by Crippen LogP contribution is 2.20. The maximum absolute atomic E-state index is 13.9. The van der Waals surface area contributed by atoms with Gasteiger partial charge in [-0.25, -0.2) is 4.39 Å². The van der Waals surface area contributed by atoms with E-state index in [0.29, 0.717) is 17.9 Å². The Hall–Kier alpha value is -2.93. The van der Waals surface area contributed by atoms with E-state index < -0.39 is 11.8 Å². The Balaban J connectivity index is 1.32. The highest BCUT2D eigenvalue weighted by molar-refractivity contribution is 6.39. The highest BCUT2D eigenvalue weighted by Gasteiger charge is 2.19. The number of carbonyl (C=O) groups excluding carboxylic acids is 2. The molecular formula is C22H27FN4O2. The highest BCUT2D eigenvalue weighted by atomic mass is 19.1. The zero-order valence-corrected chi connectivity index (χ0v) is 16.7. The van der Waals surface area contributed by atoms with E-state index in [1.807, 2.05) is 31.2 Å². The number of hydrogen-bond acceptors (Lipinski definition) is 4. The fourth-order valence-electron chi connectivity index (χ4n) is 3.33. The Morgan fingerprint density at radius 1 is 0.966 bits per heavy atom. The van der Waals surface area contributed by atoms with E-state index in [1.165, 1.54) is 6.07 Å². The Kier molecular flexibility index (Phi) is 7.19. The molecule has 0 bridgehead atoms. The van der Waals surface area contributed by atoms with Crippen LogP contribution in [0.2, 0.25) is 0 Å². The maximum Gasteiger partial charge on any atom is 0.313 e. The molecule has 2 aromatic carbocycles. The van der Waals surface area contributed by atoms with Gasteiger partial charge in [-0.15, -0.1) is 0 Å². The summed E-state index contributed by atoms with van der Waals surface area (Å²) in [6, 6.07) is 14.1. The minimum Gasteiger partial charge on any atom is -0.367 e. The number of hydrogen-bond donors (Lipinski definition) is 2. The van der Waals surface area contributed by atoms with Crippen LogP contribution in [0.25, 0.3) is 0 Å². The summed E-state index contributed by atoms with van der Waals surface area (Å²) in [5.41, 5.74) is 2.34. The van der Waals surface area contributed by atoms with Crippen molar-refractivity contribution in [3.05, 3.63) is 59.9 Å². The van der Waals surface area contributed by atoms with Crippen molar-refractivity contribution in [1.82, 2.24) is 10.2 Å². The second kappa shape index (κ2) is 10.0. The molecule has 1 aliphatic rings. The van der Waals surface area contributed by atoms with Gasteiger partial charge >= 0.3 is 11.8 Å². The molecule has 154 valence electrons. The quantitative estimate of drug-likeness (QED) is 0.579. The van der Waals surface area contributed by atoms with Gasteiger partial charge in [-0.3, -0.25) is 14.5 Å². The van der Waals surface area contributed by atoms with Crippen LogP contribution in [0.15, 0.2) is 48.5 Å². The van der Waals surface area contributed by atoms with Crippen LogP contribution in [0.1, 0.15) is 12.0 Å². The molecular weight excluding hydrogens is 371 g/mol. The molecule has 0 aliphatic carbocycles. The van der Waals surface area contributed by atoms with Gasteiger partial charge in [-0.2, -0.15) is 0 Å². The van der Waals surface area contributed by atoms with Crippen LogP contribution in [0.5, 0.6) is 0 Å². The normalized spacial score (nSPS) is 14.5. The van der Waals surface area contributed by atoms with Crippen molar-refractivity contribution in [2.75, 3.05) is 49.5 Å². The first-order valence-electron chi connectivity index (χ1n) is 9.90. The summed E-state index contributed by atoms with van der Waals surface area (Å²) in [6.07, 6.45) is 0.753. The smallest absolute Gasteiger partial charge is 0.313 e. The first-order chi connectivity index (χ1) is 14.0. The molecule has 0 spiro atoms. The van der Waals surface area contributed by atoms with Gasteiger partial charge in [0, 0.05) is 38.4 Å². The molecule has 1 fully saturated rings. The largest absolute Gasteiger partial charge is 0.367 e. The van der Waals surface area contributed by atoms with Crippen molar-refractivity contribution >= 4 is 23.2 Å². The third-order valence-corrected chi connectivity index (χ3v) is 5.02. The number of benzene rings is 2. The zero-order chi connectivity index (χ0) is 20.6. The third kappa shape index (κ3) is 6.02. The molecule has 29 heavy (non-hydrogen) atoms. The molecule has 6 nitrogen and oxygen atoms in total. The van der Waals surface area contributed by atoms with Crippen LogP contribution in [0, 0.1) is 12.7 Å². The summed E-state index contributed by atoms with van der Waals surface area (Å²) in [4.78, 5) is 28.2. The standard InChI is InChI=1S/C22H27FN4O2/c1-17-7-9-18(10-8-17)25-22(29)21(28)24-11-4-12-26-13-15-27(16-14-26)20-6-3-2-5-19(20)23/h2-3,5-10H,4,11-16H2,1H3,(H,24,28)(H,25,29). The number of anilines is 2. The molecule has 2 amide bonds. The molecule has 0 aromatic heterocycles. The molecule has 0 saturated carbocycles. The number of halogens is 1. The minimum absolute atomic E-state index is 0.187. The number of piperazine rings is 1. The number of rotatable bonds is 6. The Bertz CT molecular complexity index is 833. The van der Waals surface area contributed by atoms with Gasteiger partial charge in [0.15, 0.2) is 0 Å². The Labute approximate surface area is 170 Å². The van der Waals surface area contributed by atoms with Crippen molar-refractivity contribution in [3.8, 4) is 0 Å². The molecule has 2 aromatic rings. The lowest BCUT2D eigenvalue weighted by Gasteiger charge is -2.36. The molecule has 3 rings (SSSR count). The second-order valence-electron chi connectivity index (χ2n) is 7.21. The molecule has 1 aliphatic heterocycles. The van der Waals surface area contributed by atoms with E-state index in [2.05, 4.69) is 20.4 Å². The van der Waals surface area contributed by atoms with Crippen molar-refractivity contribution in [3.63, 3.8) is 0 Å². The van der Waals surface area contributed by atoms with Crippen LogP contribution in [-0.4, -0.2) is 56.0 Å². The average molecular weight is 398 g/mol. The number of amides is 2. The van der Waals surface area contributed by atoms with Crippen LogP contribution < -0.4 is 15.5 Å². The van der Waals surface area contributed by atoms with Crippen molar-refractivity contribution in [1.29, 1.82) is 0 Å². The van der Waals surface area contributed by atoms with Crippen molar-refractivity contribution in [2.45, 2.75) is 13.3 Å². The monoisotopic (exact) mass is 398 g/mol. The van der Waals surface area contributed by atoms with Gasteiger partial charge < -0.3 is 15.5 Å². The molecule has 1 saturated heterocycles. The van der Waals surface area contributed by atoms with Gasteiger partial charge in [0.05, 0.1) is 5.69 Å². The van der Waals surface area contributed by atoms with E-state index in [9.17, 15) is 14.0 Å². The first kappa shape index (κ1) is 20.8. The van der Waals surface area contributed by atoms with Crippen LogP contribution in [0.3, 0.4) is 0 Å². The van der Waals surface area contributed by atoms with E-state index in [1.54, 1.807) is 18.2 Å². The predicted molar refractivity (Wildman–Crippen MR) is 112 cm³/mol. The maximum atomic E-state index is 13.9. The second-order valence-corrected chi connectivity index (χ2v) is 7.21. The van der Waals surface area contributed by atoms with Crippen molar-refractivity contribution < 1.29 is 14.0 Å². The minimum atomic E-state index is -0.660. The van der Waals surface area contributed by atoms with Gasteiger partial charge in [-0.05, 0) is 44.2 Å². The molecule has 1 heterocycles. The van der Waals surface area contributed by atoms with Gasteiger partial charge in [0.2, 0.25) is 0 Å². The number of aryl methyl sites for hydroxylation is 1. The van der Waals surface area contributed by atoms with Gasteiger partial charge in [-0.1, -0.05) is 29.8 Å². The lowest BCUT2D eigenvalue weighted by molar-refractivity contribution is -0.136. The molecule has 0 radical (unpaired) electrons. The Morgan fingerprint density at radius 3 is 2.34 bits per heavy atom. The average Bonchev–Trinajstić information content (AvgIpc) is 2.73. The van der Waals surface area contributed by atoms with Crippen LogP contribution in [0.4, 0.5) is 15.8 Å². The lowest BCUT2D eigenvalue weighted by Crippen LogP contribution is -2.47. The number of carbonyl (C=O) groups is 2. The molecule has 0 unspecified atom stereocenters. The number of nitrogens with one attached hydrogen (secondary N) is 2. The lowest BCUT2D eigenvalue weighted by atomic mass is 10.2. The summed E-state index contributed by atoms with van der Waals surface area (Å²) in [5, 5.41) is 5.24. The van der Waals surface area contributed by atoms with E-state index in [4.69, 9.17) is 0 Å². The van der Waals surface area contributed by atoms with Crippen LogP contribution in [-0.2, 0) is 9.59 Å². The number of para-hydroxylation sites is 1. The summed E-state index contributed by atoms with van der Waals surface area (Å²) in [5.74, 6) is -1.48. The van der Waals surface area contributed by atoms with E-state index in [-0.39, 0.29) is 5.82 Å². The third-order valence-electron chi connectivity index (χ3n) is 5.02. The van der Waals surface area contributed by atoms with E-state index >= 15 is 0 Å². The molecule has 7 heteroatoms. The van der Waals surface area contributed by atoms with Crippen molar-refractivity contribution in [2.24, 2.45) is 0 Å². The van der Waals surface area contributed by atoms with Gasteiger partial charge in [0.25, 0.3) is 0 Å².